The summed E-state index contributed by atoms with van der Waals surface area (Å²) in [7, 11) is 0. The zero-order valence-corrected chi connectivity index (χ0v) is 12.9. The number of thiazole rings is 1. The van der Waals surface area contributed by atoms with Gasteiger partial charge < -0.3 is 5.32 Å². The summed E-state index contributed by atoms with van der Waals surface area (Å²) >= 11 is 7.32. The number of hydrogen-bond acceptors (Lipinski definition) is 4. The number of nitrogens with one attached hydrogen (secondary N) is 2. The van der Waals surface area contributed by atoms with Crippen molar-refractivity contribution < 1.29 is 4.79 Å². The zero-order valence-electron chi connectivity index (χ0n) is 11.3. The molecule has 3 aromatic rings. The third kappa shape index (κ3) is 3.41. The standard InChI is InChI=1S/C15H11ClN4OS/c16-10-5-1-2-6-11(10)18-14(21)20-15-19-13(9-22-15)12-7-3-4-8-17-12/h1-9H,(H2,18,19,20,21). The number of carbonyl (C=O) groups excluding carboxylic acids is 1. The summed E-state index contributed by atoms with van der Waals surface area (Å²) in [6.45, 7) is 0. The van der Waals surface area contributed by atoms with Gasteiger partial charge in [0.1, 0.15) is 5.69 Å². The molecule has 0 saturated carbocycles. The fraction of sp³-hybridized carbons (Fsp3) is 0. The highest BCUT2D eigenvalue weighted by molar-refractivity contribution is 7.14. The zero-order chi connectivity index (χ0) is 15.4. The molecule has 0 bridgehead atoms. The van der Waals surface area contributed by atoms with E-state index in [1.165, 1.54) is 11.3 Å². The Morgan fingerprint density at radius 2 is 1.86 bits per heavy atom. The van der Waals surface area contributed by atoms with Crippen molar-refractivity contribution in [2.45, 2.75) is 0 Å². The van der Waals surface area contributed by atoms with Gasteiger partial charge in [-0.1, -0.05) is 29.8 Å². The molecule has 110 valence electrons. The number of rotatable bonds is 3. The van der Waals surface area contributed by atoms with Crippen molar-refractivity contribution in [1.82, 2.24) is 9.97 Å². The number of hydrogen-bond donors (Lipinski definition) is 2. The van der Waals surface area contributed by atoms with Gasteiger partial charge in [-0.05, 0) is 24.3 Å². The van der Waals surface area contributed by atoms with Gasteiger partial charge in [0.15, 0.2) is 5.13 Å². The number of aromatic nitrogens is 2. The van der Waals surface area contributed by atoms with Crippen molar-refractivity contribution in [2.75, 3.05) is 10.6 Å². The Morgan fingerprint density at radius 3 is 2.64 bits per heavy atom. The highest BCUT2D eigenvalue weighted by Crippen LogP contribution is 2.24. The number of benzene rings is 1. The quantitative estimate of drug-likeness (QED) is 0.742. The molecule has 0 spiro atoms. The second-order valence-corrected chi connectivity index (χ2v) is 5.58. The first-order valence-electron chi connectivity index (χ1n) is 6.42. The van der Waals surface area contributed by atoms with Crippen molar-refractivity contribution >= 4 is 39.8 Å². The minimum atomic E-state index is -0.393. The predicted octanol–water partition coefficient (Wildman–Crippen LogP) is 4.50. The second-order valence-electron chi connectivity index (χ2n) is 4.31. The molecular formula is C15H11ClN4OS. The average Bonchev–Trinajstić information content (AvgIpc) is 2.99. The van der Waals surface area contributed by atoms with E-state index in [1.54, 1.807) is 30.5 Å². The molecule has 3 rings (SSSR count). The molecule has 0 saturated heterocycles. The Labute approximate surface area is 136 Å². The van der Waals surface area contributed by atoms with Gasteiger partial charge in [-0.2, -0.15) is 0 Å². The Balaban J connectivity index is 1.68. The van der Waals surface area contributed by atoms with E-state index in [1.807, 2.05) is 23.6 Å². The Morgan fingerprint density at radius 1 is 1.05 bits per heavy atom. The highest BCUT2D eigenvalue weighted by atomic mass is 35.5. The Bertz CT molecular complexity index is 791. The topological polar surface area (TPSA) is 66.9 Å². The van der Waals surface area contributed by atoms with Gasteiger partial charge in [0.05, 0.1) is 16.4 Å². The van der Waals surface area contributed by atoms with E-state index in [-0.39, 0.29) is 0 Å². The predicted molar refractivity (Wildman–Crippen MR) is 89.4 cm³/mol. The van der Waals surface area contributed by atoms with Crippen LogP contribution in [0.4, 0.5) is 15.6 Å². The Hall–Kier alpha value is -2.44. The number of nitrogens with zero attached hydrogens (tertiary/aromatic N) is 2. The van der Waals surface area contributed by atoms with Gasteiger partial charge >= 0.3 is 6.03 Å². The van der Waals surface area contributed by atoms with Gasteiger partial charge in [0, 0.05) is 11.6 Å². The van der Waals surface area contributed by atoms with Gasteiger partial charge in [0.2, 0.25) is 0 Å². The molecular weight excluding hydrogens is 320 g/mol. The van der Waals surface area contributed by atoms with E-state index in [4.69, 9.17) is 11.6 Å². The summed E-state index contributed by atoms with van der Waals surface area (Å²) in [5.74, 6) is 0. The first-order chi connectivity index (χ1) is 10.7. The number of anilines is 2. The highest BCUT2D eigenvalue weighted by Gasteiger charge is 2.09. The molecule has 0 aliphatic carbocycles. The van der Waals surface area contributed by atoms with Crippen LogP contribution >= 0.6 is 22.9 Å². The lowest BCUT2D eigenvalue weighted by Crippen LogP contribution is -2.19. The van der Waals surface area contributed by atoms with Crippen LogP contribution in [0.2, 0.25) is 5.02 Å². The summed E-state index contributed by atoms with van der Waals surface area (Å²) in [4.78, 5) is 20.5. The smallest absolute Gasteiger partial charge is 0.306 e. The summed E-state index contributed by atoms with van der Waals surface area (Å²) < 4.78 is 0. The molecule has 0 aliphatic rings. The number of halogens is 1. The lowest BCUT2D eigenvalue weighted by molar-refractivity contribution is 0.262. The molecule has 0 unspecified atom stereocenters. The molecule has 5 nitrogen and oxygen atoms in total. The van der Waals surface area contributed by atoms with Crippen LogP contribution in [0.3, 0.4) is 0 Å². The van der Waals surface area contributed by atoms with Crippen LogP contribution in [0, 0.1) is 0 Å². The SMILES string of the molecule is O=C(Nc1nc(-c2ccccn2)cs1)Nc1ccccc1Cl. The fourth-order valence-electron chi connectivity index (χ4n) is 1.78. The van der Waals surface area contributed by atoms with Gasteiger partial charge in [-0.3, -0.25) is 10.3 Å². The maximum absolute atomic E-state index is 12.0. The summed E-state index contributed by atoms with van der Waals surface area (Å²) in [6.07, 6.45) is 1.70. The van der Waals surface area contributed by atoms with E-state index in [9.17, 15) is 4.79 Å². The van der Waals surface area contributed by atoms with Crippen LogP contribution in [-0.4, -0.2) is 16.0 Å². The molecule has 7 heteroatoms. The van der Waals surface area contributed by atoms with Crippen molar-refractivity contribution in [1.29, 1.82) is 0 Å². The second kappa shape index (κ2) is 6.55. The molecule has 1 aromatic carbocycles. The lowest BCUT2D eigenvalue weighted by atomic mass is 10.3. The number of amides is 2. The molecule has 2 amide bonds. The first-order valence-corrected chi connectivity index (χ1v) is 7.67. The number of pyridine rings is 1. The van der Waals surface area contributed by atoms with E-state index in [0.717, 1.165) is 11.4 Å². The van der Waals surface area contributed by atoms with Gasteiger partial charge in [0.25, 0.3) is 0 Å². The van der Waals surface area contributed by atoms with Crippen molar-refractivity contribution in [2.24, 2.45) is 0 Å². The van der Waals surface area contributed by atoms with Crippen LogP contribution in [0.15, 0.2) is 54.0 Å². The first kappa shape index (κ1) is 14.5. The van der Waals surface area contributed by atoms with E-state index in [2.05, 4.69) is 20.6 Å². The minimum absolute atomic E-state index is 0.393. The van der Waals surface area contributed by atoms with E-state index < -0.39 is 6.03 Å². The largest absolute Gasteiger partial charge is 0.325 e. The van der Waals surface area contributed by atoms with Crippen LogP contribution in [0.5, 0.6) is 0 Å². The summed E-state index contributed by atoms with van der Waals surface area (Å²) in [5, 5.41) is 8.16. The summed E-state index contributed by atoms with van der Waals surface area (Å²) in [5.41, 5.74) is 2.03. The third-order valence-electron chi connectivity index (χ3n) is 2.77. The molecule has 0 atom stereocenters. The minimum Gasteiger partial charge on any atom is -0.306 e. The van der Waals surface area contributed by atoms with Crippen molar-refractivity contribution in [3.05, 3.63) is 59.1 Å². The van der Waals surface area contributed by atoms with Crippen LogP contribution < -0.4 is 10.6 Å². The number of para-hydroxylation sites is 1. The molecule has 0 radical (unpaired) electrons. The lowest BCUT2D eigenvalue weighted by Gasteiger charge is -2.06. The van der Waals surface area contributed by atoms with Crippen LogP contribution in [-0.2, 0) is 0 Å². The average molecular weight is 331 g/mol. The normalized spacial score (nSPS) is 10.2. The maximum atomic E-state index is 12.0. The Kier molecular flexibility index (Phi) is 4.32. The van der Waals surface area contributed by atoms with Gasteiger partial charge in [-0.15, -0.1) is 11.3 Å². The summed E-state index contributed by atoms with van der Waals surface area (Å²) in [6, 6.07) is 12.2. The number of carbonyl (C=O) groups is 1. The van der Waals surface area contributed by atoms with E-state index in [0.29, 0.717) is 15.8 Å². The van der Waals surface area contributed by atoms with E-state index >= 15 is 0 Å². The van der Waals surface area contributed by atoms with Crippen LogP contribution in [0.25, 0.3) is 11.4 Å². The van der Waals surface area contributed by atoms with Gasteiger partial charge in [-0.25, -0.2) is 9.78 Å². The third-order valence-corrected chi connectivity index (χ3v) is 3.86. The molecule has 22 heavy (non-hydrogen) atoms. The monoisotopic (exact) mass is 330 g/mol. The molecule has 2 aromatic heterocycles. The number of urea groups is 1. The van der Waals surface area contributed by atoms with Crippen molar-refractivity contribution in [3.8, 4) is 11.4 Å². The maximum Gasteiger partial charge on any atom is 0.325 e. The molecule has 0 aliphatic heterocycles. The van der Waals surface area contributed by atoms with Crippen molar-refractivity contribution in [3.63, 3.8) is 0 Å². The molecule has 2 N–H and O–H groups in total. The molecule has 0 fully saturated rings. The van der Waals surface area contributed by atoms with Crippen LogP contribution in [0.1, 0.15) is 0 Å². The molecule has 2 heterocycles. The fourth-order valence-corrected chi connectivity index (χ4v) is 2.66.